The summed E-state index contributed by atoms with van der Waals surface area (Å²) in [4.78, 5) is 2.13. The standard InChI is InChI=1S/C9H16N4OS/c1-6-5-13(3-4-15-6)9-12-11-8(14-9)7(2)10/h6-7H,3-5,10H2,1-2H3. The lowest BCUT2D eigenvalue weighted by molar-refractivity contribution is 0.456. The average molecular weight is 228 g/mol. The highest BCUT2D eigenvalue weighted by atomic mass is 32.2. The van der Waals surface area contributed by atoms with Gasteiger partial charge in [-0.25, -0.2) is 0 Å². The third kappa shape index (κ3) is 2.43. The second-order valence-electron chi connectivity index (χ2n) is 3.84. The molecule has 0 spiro atoms. The fourth-order valence-electron chi connectivity index (χ4n) is 1.53. The summed E-state index contributed by atoms with van der Waals surface area (Å²) in [5, 5.41) is 8.56. The minimum absolute atomic E-state index is 0.192. The van der Waals surface area contributed by atoms with Crippen LogP contribution in [0.4, 0.5) is 6.01 Å². The molecule has 6 heteroatoms. The first-order valence-electron chi connectivity index (χ1n) is 5.12. The van der Waals surface area contributed by atoms with Crippen LogP contribution in [0.1, 0.15) is 25.8 Å². The van der Waals surface area contributed by atoms with Gasteiger partial charge in [-0.1, -0.05) is 12.0 Å². The summed E-state index contributed by atoms with van der Waals surface area (Å²) in [5.41, 5.74) is 5.66. The van der Waals surface area contributed by atoms with Gasteiger partial charge in [-0.3, -0.25) is 0 Å². The van der Waals surface area contributed by atoms with Crippen LogP contribution in [0, 0.1) is 0 Å². The minimum atomic E-state index is -0.192. The molecule has 1 aromatic heterocycles. The normalized spacial score (nSPS) is 24.2. The Morgan fingerprint density at radius 3 is 3.00 bits per heavy atom. The van der Waals surface area contributed by atoms with E-state index in [1.165, 1.54) is 0 Å². The molecule has 0 aromatic carbocycles. The SMILES string of the molecule is CC1CN(c2nnc(C(C)N)o2)CCS1. The molecule has 0 bridgehead atoms. The first-order valence-corrected chi connectivity index (χ1v) is 6.17. The van der Waals surface area contributed by atoms with Crippen LogP contribution in [0.2, 0.25) is 0 Å². The number of rotatable bonds is 2. The molecular formula is C9H16N4OS. The Bertz CT molecular complexity index is 328. The van der Waals surface area contributed by atoms with Crippen molar-refractivity contribution in [1.82, 2.24) is 10.2 Å². The molecule has 0 aliphatic carbocycles. The molecule has 5 nitrogen and oxygen atoms in total. The summed E-state index contributed by atoms with van der Waals surface area (Å²) in [6.45, 7) is 5.98. The van der Waals surface area contributed by atoms with Crippen molar-refractivity contribution in [2.75, 3.05) is 23.7 Å². The van der Waals surface area contributed by atoms with E-state index >= 15 is 0 Å². The number of anilines is 1. The summed E-state index contributed by atoms with van der Waals surface area (Å²) in [6, 6.07) is 0.414. The summed E-state index contributed by atoms with van der Waals surface area (Å²) >= 11 is 1.97. The van der Waals surface area contributed by atoms with Crippen LogP contribution in [0.3, 0.4) is 0 Å². The van der Waals surface area contributed by atoms with Gasteiger partial charge in [0, 0.05) is 24.1 Å². The number of thioether (sulfide) groups is 1. The Morgan fingerprint density at radius 2 is 2.40 bits per heavy atom. The van der Waals surface area contributed by atoms with Crippen LogP contribution in [-0.4, -0.2) is 34.3 Å². The van der Waals surface area contributed by atoms with E-state index in [0.29, 0.717) is 17.2 Å². The van der Waals surface area contributed by atoms with Gasteiger partial charge in [0.05, 0.1) is 6.04 Å². The van der Waals surface area contributed by atoms with Crippen molar-refractivity contribution < 1.29 is 4.42 Å². The number of hydrogen-bond donors (Lipinski definition) is 1. The van der Waals surface area contributed by atoms with Crippen molar-refractivity contribution in [2.24, 2.45) is 5.73 Å². The molecule has 1 fully saturated rings. The molecule has 15 heavy (non-hydrogen) atoms. The van der Waals surface area contributed by atoms with Gasteiger partial charge in [0.1, 0.15) is 0 Å². The fourth-order valence-corrected chi connectivity index (χ4v) is 2.54. The molecule has 2 heterocycles. The summed E-state index contributed by atoms with van der Waals surface area (Å²) in [5.74, 6) is 1.62. The predicted molar refractivity (Wildman–Crippen MR) is 61.0 cm³/mol. The van der Waals surface area contributed by atoms with Gasteiger partial charge in [-0.2, -0.15) is 11.8 Å². The maximum Gasteiger partial charge on any atom is 0.318 e. The van der Waals surface area contributed by atoms with Crippen molar-refractivity contribution >= 4 is 17.8 Å². The Morgan fingerprint density at radius 1 is 1.60 bits per heavy atom. The fraction of sp³-hybridized carbons (Fsp3) is 0.778. The van der Waals surface area contributed by atoms with Gasteiger partial charge in [0.15, 0.2) is 0 Å². The zero-order chi connectivity index (χ0) is 10.8. The molecule has 1 aliphatic heterocycles. The zero-order valence-corrected chi connectivity index (χ0v) is 9.83. The molecule has 2 N–H and O–H groups in total. The monoisotopic (exact) mass is 228 g/mol. The highest BCUT2D eigenvalue weighted by Gasteiger charge is 2.21. The highest BCUT2D eigenvalue weighted by molar-refractivity contribution is 8.00. The molecule has 1 aliphatic rings. The largest absolute Gasteiger partial charge is 0.406 e. The number of hydrogen-bond acceptors (Lipinski definition) is 6. The quantitative estimate of drug-likeness (QED) is 0.815. The maximum atomic E-state index is 5.66. The number of aromatic nitrogens is 2. The predicted octanol–water partition coefficient (Wildman–Crippen LogP) is 1.03. The second kappa shape index (κ2) is 4.40. The number of nitrogens with two attached hydrogens (primary N) is 1. The molecule has 84 valence electrons. The Labute approximate surface area is 93.4 Å². The van der Waals surface area contributed by atoms with Crippen LogP contribution in [-0.2, 0) is 0 Å². The minimum Gasteiger partial charge on any atom is -0.406 e. The van der Waals surface area contributed by atoms with E-state index in [-0.39, 0.29) is 6.04 Å². The third-order valence-electron chi connectivity index (χ3n) is 2.33. The molecule has 2 unspecified atom stereocenters. The lowest BCUT2D eigenvalue weighted by Gasteiger charge is -2.28. The van der Waals surface area contributed by atoms with E-state index < -0.39 is 0 Å². The van der Waals surface area contributed by atoms with Crippen molar-refractivity contribution in [2.45, 2.75) is 25.1 Å². The third-order valence-corrected chi connectivity index (χ3v) is 3.47. The van der Waals surface area contributed by atoms with Crippen LogP contribution in [0.5, 0.6) is 0 Å². The molecule has 0 radical (unpaired) electrons. The molecule has 1 saturated heterocycles. The van der Waals surface area contributed by atoms with E-state index in [2.05, 4.69) is 22.0 Å². The van der Waals surface area contributed by atoms with Crippen molar-refractivity contribution in [3.05, 3.63) is 5.89 Å². The molecule has 1 aromatic rings. The molecule has 0 amide bonds. The van der Waals surface area contributed by atoms with E-state index in [0.717, 1.165) is 18.8 Å². The molecule has 0 saturated carbocycles. The maximum absolute atomic E-state index is 5.66. The Hall–Kier alpha value is -0.750. The van der Waals surface area contributed by atoms with Crippen LogP contribution in [0.15, 0.2) is 4.42 Å². The lowest BCUT2D eigenvalue weighted by atomic mass is 10.4. The van der Waals surface area contributed by atoms with Gasteiger partial charge in [0.2, 0.25) is 5.89 Å². The number of nitrogens with zero attached hydrogens (tertiary/aromatic N) is 3. The van der Waals surface area contributed by atoms with Crippen molar-refractivity contribution in [3.63, 3.8) is 0 Å². The highest BCUT2D eigenvalue weighted by Crippen LogP contribution is 2.23. The first kappa shape index (κ1) is 10.8. The van der Waals surface area contributed by atoms with E-state index in [4.69, 9.17) is 10.2 Å². The van der Waals surface area contributed by atoms with Gasteiger partial charge < -0.3 is 15.1 Å². The van der Waals surface area contributed by atoms with Crippen molar-refractivity contribution in [3.8, 4) is 0 Å². The second-order valence-corrected chi connectivity index (χ2v) is 5.39. The van der Waals surface area contributed by atoms with Crippen molar-refractivity contribution in [1.29, 1.82) is 0 Å². The topological polar surface area (TPSA) is 68.2 Å². The Balaban J connectivity index is 2.08. The first-order chi connectivity index (χ1) is 7.16. The van der Waals surface area contributed by atoms with Crippen LogP contribution < -0.4 is 10.6 Å². The van der Waals surface area contributed by atoms with Gasteiger partial charge >= 0.3 is 6.01 Å². The van der Waals surface area contributed by atoms with Crippen LogP contribution in [0.25, 0.3) is 0 Å². The van der Waals surface area contributed by atoms with E-state index in [1.54, 1.807) is 0 Å². The summed E-state index contributed by atoms with van der Waals surface area (Å²) in [6.07, 6.45) is 0. The smallest absolute Gasteiger partial charge is 0.318 e. The molecule has 2 atom stereocenters. The van der Waals surface area contributed by atoms with Gasteiger partial charge in [-0.15, -0.1) is 5.10 Å². The van der Waals surface area contributed by atoms with Crippen LogP contribution >= 0.6 is 11.8 Å². The zero-order valence-electron chi connectivity index (χ0n) is 9.01. The van der Waals surface area contributed by atoms with E-state index in [9.17, 15) is 0 Å². The summed E-state index contributed by atoms with van der Waals surface area (Å²) in [7, 11) is 0. The van der Waals surface area contributed by atoms with Gasteiger partial charge in [-0.05, 0) is 6.92 Å². The van der Waals surface area contributed by atoms with Gasteiger partial charge in [0.25, 0.3) is 0 Å². The Kier molecular flexibility index (Phi) is 3.16. The lowest BCUT2D eigenvalue weighted by Crippen LogP contribution is -2.36. The average Bonchev–Trinajstić information content (AvgIpc) is 2.66. The van der Waals surface area contributed by atoms with E-state index in [1.807, 2.05) is 18.7 Å². The summed E-state index contributed by atoms with van der Waals surface area (Å²) < 4.78 is 5.50. The molecule has 2 rings (SSSR count). The molecular weight excluding hydrogens is 212 g/mol.